The standard InChI is InChI=1S/C33H42ClO5P/c1-22(2)30-17-25(12-13-32(30)35)18-31-23(3)15-29(16-24(31)4)37-21-40(36)38-14-8-10-27(20-33(5,6)39-40)26-9-7-11-28(34)19-26/h7,9,11-13,15-17,19,22,27,35H,8,10,14,18,20-21H2,1-6H3. The summed E-state index contributed by atoms with van der Waals surface area (Å²) in [5, 5.41) is 10.9. The molecule has 0 radical (unpaired) electrons. The highest BCUT2D eigenvalue weighted by Crippen LogP contribution is 2.54. The van der Waals surface area contributed by atoms with Crippen molar-refractivity contribution in [3.63, 3.8) is 0 Å². The number of phenolic OH excluding ortho intramolecular Hbond substituents is 1. The van der Waals surface area contributed by atoms with Crippen LogP contribution in [0.4, 0.5) is 0 Å². The van der Waals surface area contributed by atoms with Crippen molar-refractivity contribution >= 4 is 19.2 Å². The predicted octanol–water partition coefficient (Wildman–Crippen LogP) is 9.69. The molecule has 5 nitrogen and oxygen atoms in total. The highest BCUT2D eigenvalue weighted by Gasteiger charge is 2.37. The minimum Gasteiger partial charge on any atom is -0.508 e. The quantitative estimate of drug-likeness (QED) is 0.280. The third-order valence-electron chi connectivity index (χ3n) is 7.58. The van der Waals surface area contributed by atoms with E-state index in [-0.39, 0.29) is 18.2 Å². The van der Waals surface area contributed by atoms with Crippen LogP contribution in [0.3, 0.4) is 0 Å². The first-order chi connectivity index (χ1) is 18.8. The van der Waals surface area contributed by atoms with Crippen molar-refractivity contribution in [1.29, 1.82) is 0 Å². The van der Waals surface area contributed by atoms with E-state index in [0.717, 1.165) is 47.1 Å². The molecule has 1 fully saturated rings. The highest BCUT2D eigenvalue weighted by molar-refractivity contribution is 7.53. The summed E-state index contributed by atoms with van der Waals surface area (Å²) in [6.45, 7) is 12.6. The first-order valence-corrected chi connectivity index (χ1v) is 16.2. The minimum atomic E-state index is -3.52. The molecule has 0 bridgehead atoms. The van der Waals surface area contributed by atoms with Gasteiger partial charge in [0.25, 0.3) is 0 Å². The van der Waals surface area contributed by atoms with Crippen LogP contribution in [0.1, 0.15) is 92.2 Å². The van der Waals surface area contributed by atoms with Gasteiger partial charge in [-0.3, -0.25) is 4.57 Å². The fraction of sp³-hybridized carbons (Fsp3) is 0.455. The summed E-state index contributed by atoms with van der Waals surface area (Å²) in [6, 6.07) is 17.7. The lowest BCUT2D eigenvalue weighted by molar-refractivity contribution is 0.0643. The summed E-state index contributed by atoms with van der Waals surface area (Å²) >= 11 is 6.25. The Hall–Kier alpha value is -2.30. The molecule has 1 aliphatic heterocycles. The molecular formula is C33H42ClO5P. The molecule has 1 saturated heterocycles. The molecule has 0 aliphatic carbocycles. The minimum absolute atomic E-state index is 0.147. The number of aryl methyl sites for hydroxylation is 2. The molecule has 1 heterocycles. The van der Waals surface area contributed by atoms with E-state index in [0.29, 0.717) is 29.5 Å². The Bertz CT molecular complexity index is 1360. The smallest absolute Gasteiger partial charge is 0.368 e. The van der Waals surface area contributed by atoms with E-state index in [1.165, 1.54) is 5.56 Å². The van der Waals surface area contributed by atoms with Gasteiger partial charge in [-0.15, -0.1) is 0 Å². The second-order valence-corrected chi connectivity index (χ2v) is 14.3. The van der Waals surface area contributed by atoms with Crippen molar-refractivity contribution in [2.75, 3.05) is 13.0 Å². The number of hydrogen-bond acceptors (Lipinski definition) is 5. The van der Waals surface area contributed by atoms with Gasteiger partial charge in [-0.05, 0) is 129 Å². The maximum atomic E-state index is 13.8. The zero-order valence-corrected chi connectivity index (χ0v) is 26.1. The Balaban J connectivity index is 1.46. The monoisotopic (exact) mass is 584 g/mol. The van der Waals surface area contributed by atoms with Gasteiger partial charge in [0.2, 0.25) is 0 Å². The number of hydrogen-bond donors (Lipinski definition) is 1. The number of benzene rings is 3. The van der Waals surface area contributed by atoms with Crippen LogP contribution in [-0.2, 0) is 20.0 Å². The van der Waals surface area contributed by atoms with Gasteiger partial charge in [0.15, 0.2) is 6.35 Å². The Morgan fingerprint density at radius 3 is 2.50 bits per heavy atom. The Labute approximate surface area is 244 Å². The fourth-order valence-corrected chi connectivity index (χ4v) is 7.55. The van der Waals surface area contributed by atoms with Gasteiger partial charge in [-0.25, -0.2) is 0 Å². The molecule has 0 spiro atoms. The van der Waals surface area contributed by atoms with Gasteiger partial charge in [0, 0.05) is 5.02 Å². The molecule has 3 aromatic carbocycles. The third-order valence-corrected chi connectivity index (χ3v) is 9.61. The van der Waals surface area contributed by atoms with Crippen molar-refractivity contribution in [2.45, 2.75) is 84.7 Å². The average Bonchev–Trinajstić information content (AvgIpc) is 2.93. The summed E-state index contributed by atoms with van der Waals surface area (Å²) in [7, 11) is -3.52. The second kappa shape index (κ2) is 12.7. The lowest BCUT2D eigenvalue weighted by atomic mass is 9.85. The normalized spacial score (nSPS) is 21.4. The van der Waals surface area contributed by atoms with Crippen molar-refractivity contribution < 1.29 is 23.5 Å². The molecule has 3 aromatic rings. The molecule has 4 rings (SSSR count). The van der Waals surface area contributed by atoms with Crippen LogP contribution in [0.25, 0.3) is 0 Å². The van der Waals surface area contributed by atoms with E-state index < -0.39 is 13.2 Å². The number of phenols is 1. The second-order valence-electron chi connectivity index (χ2n) is 11.9. The SMILES string of the molecule is Cc1cc(OCP2(=O)OCCCC(c3cccc(Cl)c3)CC(C)(C)O2)cc(C)c1Cc1ccc(O)c(C(C)C)c1. The Morgan fingerprint density at radius 2 is 1.82 bits per heavy atom. The largest absolute Gasteiger partial charge is 0.508 e. The molecule has 40 heavy (non-hydrogen) atoms. The summed E-state index contributed by atoms with van der Waals surface area (Å²) in [4.78, 5) is 0. The highest BCUT2D eigenvalue weighted by atomic mass is 35.5. The van der Waals surface area contributed by atoms with Crippen LogP contribution >= 0.6 is 19.2 Å². The fourth-order valence-electron chi connectivity index (χ4n) is 5.63. The maximum Gasteiger partial charge on any atom is 0.368 e. The van der Waals surface area contributed by atoms with Crippen LogP contribution in [0.5, 0.6) is 11.5 Å². The number of aromatic hydroxyl groups is 1. The van der Waals surface area contributed by atoms with E-state index in [2.05, 4.69) is 39.8 Å². The molecule has 216 valence electrons. The van der Waals surface area contributed by atoms with Gasteiger partial charge < -0.3 is 18.9 Å². The molecule has 2 unspecified atom stereocenters. The molecular weight excluding hydrogens is 543 g/mol. The van der Waals surface area contributed by atoms with Gasteiger partial charge in [0.1, 0.15) is 11.5 Å². The van der Waals surface area contributed by atoms with E-state index in [4.69, 9.17) is 25.4 Å². The van der Waals surface area contributed by atoms with E-state index in [9.17, 15) is 9.67 Å². The topological polar surface area (TPSA) is 65.0 Å². The third kappa shape index (κ3) is 7.91. The Kier molecular flexibility index (Phi) is 9.73. The molecule has 1 N–H and O–H groups in total. The summed E-state index contributed by atoms with van der Waals surface area (Å²) in [5.41, 5.74) is 5.98. The predicted molar refractivity (Wildman–Crippen MR) is 163 cm³/mol. The summed E-state index contributed by atoms with van der Waals surface area (Å²) in [6.07, 6.45) is 2.97. The lowest BCUT2D eigenvalue weighted by Crippen LogP contribution is -2.27. The Morgan fingerprint density at radius 1 is 1.10 bits per heavy atom. The van der Waals surface area contributed by atoms with E-state index in [1.807, 2.05) is 50.2 Å². The number of rotatable bonds is 7. The molecule has 1 aliphatic rings. The molecule has 0 aromatic heterocycles. The van der Waals surface area contributed by atoms with Crippen LogP contribution < -0.4 is 4.74 Å². The zero-order valence-electron chi connectivity index (χ0n) is 24.5. The molecule has 2 atom stereocenters. The first kappa shape index (κ1) is 30.7. The van der Waals surface area contributed by atoms with Crippen LogP contribution in [0.15, 0.2) is 54.6 Å². The number of ether oxygens (including phenoxy) is 1. The average molecular weight is 585 g/mol. The summed E-state index contributed by atoms with van der Waals surface area (Å²) in [5.74, 6) is 1.45. The van der Waals surface area contributed by atoms with Gasteiger partial charge in [0.05, 0.1) is 12.2 Å². The van der Waals surface area contributed by atoms with Gasteiger partial charge in [-0.1, -0.05) is 49.7 Å². The van der Waals surface area contributed by atoms with Crippen molar-refractivity contribution in [3.8, 4) is 11.5 Å². The first-order valence-electron chi connectivity index (χ1n) is 14.1. The van der Waals surface area contributed by atoms with Crippen molar-refractivity contribution in [2.24, 2.45) is 0 Å². The number of halogens is 1. The van der Waals surface area contributed by atoms with Gasteiger partial charge in [-0.2, -0.15) is 0 Å². The van der Waals surface area contributed by atoms with Crippen LogP contribution in [0, 0.1) is 13.8 Å². The van der Waals surface area contributed by atoms with E-state index >= 15 is 0 Å². The molecule has 7 heteroatoms. The maximum absolute atomic E-state index is 13.8. The van der Waals surface area contributed by atoms with Crippen LogP contribution in [0.2, 0.25) is 5.02 Å². The summed E-state index contributed by atoms with van der Waals surface area (Å²) < 4.78 is 32.0. The van der Waals surface area contributed by atoms with Gasteiger partial charge >= 0.3 is 7.60 Å². The van der Waals surface area contributed by atoms with Crippen molar-refractivity contribution in [1.82, 2.24) is 0 Å². The lowest BCUT2D eigenvalue weighted by Gasteiger charge is -2.32. The van der Waals surface area contributed by atoms with Crippen LogP contribution in [-0.4, -0.2) is 23.7 Å². The van der Waals surface area contributed by atoms with E-state index in [1.54, 1.807) is 6.07 Å². The zero-order chi connectivity index (χ0) is 29.1. The molecule has 0 amide bonds. The van der Waals surface area contributed by atoms with Crippen molar-refractivity contribution in [3.05, 3.63) is 93.0 Å². The molecule has 0 saturated carbocycles.